The van der Waals surface area contributed by atoms with Crippen LogP contribution in [0.2, 0.25) is 0 Å². The maximum Gasteiger partial charge on any atom is 0.573 e. The summed E-state index contributed by atoms with van der Waals surface area (Å²) in [4.78, 5) is 4.19. The molecule has 1 aromatic carbocycles. The van der Waals surface area contributed by atoms with E-state index in [-0.39, 0.29) is 17.9 Å². The van der Waals surface area contributed by atoms with Crippen LogP contribution < -0.4 is 4.74 Å². The SMILES string of the molecule is N#Cc1cc(-c2ccc(OC(F)(F)F)cc2)c2nccn2c1CO. The van der Waals surface area contributed by atoms with Gasteiger partial charge in [-0.2, -0.15) is 5.26 Å². The van der Waals surface area contributed by atoms with Gasteiger partial charge in [-0.15, -0.1) is 13.2 Å². The Balaban J connectivity index is 2.10. The van der Waals surface area contributed by atoms with Gasteiger partial charge in [0, 0.05) is 18.0 Å². The zero-order chi connectivity index (χ0) is 17.3. The van der Waals surface area contributed by atoms with E-state index in [1.807, 2.05) is 6.07 Å². The zero-order valence-electron chi connectivity index (χ0n) is 12.1. The summed E-state index contributed by atoms with van der Waals surface area (Å²) in [6, 6.07) is 8.82. The van der Waals surface area contributed by atoms with E-state index in [9.17, 15) is 23.5 Å². The number of aliphatic hydroxyl groups is 1. The Kier molecular flexibility index (Phi) is 3.87. The van der Waals surface area contributed by atoms with Crippen molar-refractivity contribution in [3.8, 4) is 22.9 Å². The molecular weight excluding hydrogens is 323 g/mol. The number of aliphatic hydroxyl groups excluding tert-OH is 1. The molecule has 3 rings (SSSR count). The number of fused-ring (bicyclic) bond motifs is 1. The minimum atomic E-state index is -4.76. The highest BCUT2D eigenvalue weighted by Gasteiger charge is 2.31. The molecule has 0 spiro atoms. The Hall–Kier alpha value is -3.05. The molecule has 0 amide bonds. The molecule has 2 aromatic heterocycles. The van der Waals surface area contributed by atoms with Gasteiger partial charge in [0.15, 0.2) is 0 Å². The Morgan fingerprint density at radius 2 is 1.96 bits per heavy atom. The van der Waals surface area contributed by atoms with Crippen molar-refractivity contribution in [2.24, 2.45) is 0 Å². The van der Waals surface area contributed by atoms with Crippen LogP contribution in [0.4, 0.5) is 13.2 Å². The second kappa shape index (κ2) is 5.86. The third kappa shape index (κ3) is 2.89. The summed E-state index contributed by atoms with van der Waals surface area (Å²) < 4.78 is 42.1. The molecule has 2 heterocycles. The molecule has 0 bridgehead atoms. The molecule has 0 radical (unpaired) electrons. The van der Waals surface area contributed by atoms with E-state index >= 15 is 0 Å². The van der Waals surface area contributed by atoms with Crippen molar-refractivity contribution >= 4 is 5.65 Å². The minimum absolute atomic E-state index is 0.258. The summed E-state index contributed by atoms with van der Waals surface area (Å²) in [7, 11) is 0. The molecule has 0 aliphatic rings. The predicted octanol–water partition coefficient (Wildman–Crippen LogP) is 3.26. The molecule has 0 aliphatic heterocycles. The van der Waals surface area contributed by atoms with Gasteiger partial charge in [0.05, 0.1) is 17.9 Å². The fraction of sp³-hybridized carbons (Fsp3) is 0.125. The van der Waals surface area contributed by atoms with Gasteiger partial charge in [-0.1, -0.05) is 12.1 Å². The predicted molar refractivity (Wildman–Crippen MR) is 77.9 cm³/mol. The number of alkyl halides is 3. The van der Waals surface area contributed by atoms with Crippen molar-refractivity contribution in [2.45, 2.75) is 13.0 Å². The lowest BCUT2D eigenvalue weighted by molar-refractivity contribution is -0.274. The van der Waals surface area contributed by atoms with Gasteiger partial charge in [-0.3, -0.25) is 4.40 Å². The third-order valence-electron chi connectivity index (χ3n) is 3.44. The van der Waals surface area contributed by atoms with Crippen molar-refractivity contribution in [1.82, 2.24) is 9.38 Å². The van der Waals surface area contributed by atoms with E-state index in [4.69, 9.17) is 0 Å². The highest BCUT2D eigenvalue weighted by Crippen LogP contribution is 2.30. The van der Waals surface area contributed by atoms with Crippen molar-refractivity contribution in [3.63, 3.8) is 0 Å². The van der Waals surface area contributed by atoms with E-state index in [0.717, 1.165) is 0 Å². The van der Waals surface area contributed by atoms with Crippen molar-refractivity contribution in [2.75, 3.05) is 0 Å². The highest BCUT2D eigenvalue weighted by atomic mass is 19.4. The van der Waals surface area contributed by atoms with Crippen LogP contribution in [0.25, 0.3) is 16.8 Å². The van der Waals surface area contributed by atoms with E-state index in [1.165, 1.54) is 30.5 Å². The summed E-state index contributed by atoms with van der Waals surface area (Å²) in [5.74, 6) is -0.335. The molecule has 0 aliphatic carbocycles. The maximum absolute atomic E-state index is 12.2. The minimum Gasteiger partial charge on any atom is -0.406 e. The molecule has 3 aromatic rings. The number of ether oxygens (including phenoxy) is 1. The average Bonchev–Trinajstić information content (AvgIpc) is 3.02. The molecule has 0 saturated carbocycles. The number of pyridine rings is 1. The van der Waals surface area contributed by atoms with Gasteiger partial charge in [0.1, 0.15) is 17.5 Å². The molecule has 0 atom stereocenters. The van der Waals surface area contributed by atoms with Crippen molar-refractivity contribution < 1.29 is 23.0 Å². The summed E-state index contributed by atoms with van der Waals surface area (Å²) in [6.07, 6.45) is -1.64. The molecule has 24 heavy (non-hydrogen) atoms. The smallest absolute Gasteiger partial charge is 0.406 e. The summed E-state index contributed by atoms with van der Waals surface area (Å²) in [5.41, 5.74) is 2.27. The van der Waals surface area contributed by atoms with E-state index in [2.05, 4.69) is 9.72 Å². The third-order valence-corrected chi connectivity index (χ3v) is 3.44. The van der Waals surface area contributed by atoms with Gasteiger partial charge >= 0.3 is 6.36 Å². The molecule has 0 unspecified atom stereocenters. The maximum atomic E-state index is 12.2. The first-order valence-electron chi connectivity index (χ1n) is 6.79. The molecule has 8 heteroatoms. The molecule has 0 saturated heterocycles. The fourth-order valence-corrected chi connectivity index (χ4v) is 2.45. The number of imidazole rings is 1. The lowest BCUT2D eigenvalue weighted by Crippen LogP contribution is -2.16. The number of nitrogens with zero attached hydrogens (tertiary/aromatic N) is 3. The van der Waals surface area contributed by atoms with Crippen LogP contribution in [-0.4, -0.2) is 20.9 Å². The molecule has 5 nitrogen and oxygen atoms in total. The van der Waals surface area contributed by atoms with Crippen LogP contribution >= 0.6 is 0 Å². The fourth-order valence-electron chi connectivity index (χ4n) is 2.45. The quantitative estimate of drug-likeness (QED) is 0.799. The number of rotatable bonds is 3. The van der Waals surface area contributed by atoms with Gasteiger partial charge < -0.3 is 9.84 Å². The molecule has 1 N–H and O–H groups in total. The van der Waals surface area contributed by atoms with Gasteiger partial charge in [0.25, 0.3) is 0 Å². The lowest BCUT2D eigenvalue weighted by Gasteiger charge is -2.12. The van der Waals surface area contributed by atoms with Crippen LogP contribution in [0.5, 0.6) is 5.75 Å². The van der Waals surface area contributed by atoms with Gasteiger partial charge in [-0.05, 0) is 23.8 Å². The standard InChI is InChI=1S/C16H10F3N3O2/c17-16(18,19)24-12-3-1-10(2-4-12)13-7-11(8-20)14(9-23)22-6-5-21-15(13)22/h1-7,23H,9H2. The van der Waals surface area contributed by atoms with Crippen molar-refractivity contribution in [1.29, 1.82) is 5.26 Å². The topological polar surface area (TPSA) is 70.5 Å². The van der Waals surface area contributed by atoms with Crippen LogP contribution in [0.15, 0.2) is 42.7 Å². The number of halogens is 3. The molecular formula is C16H10F3N3O2. The Morgan fingerprint density at radius 1 is 1.25 bits per heavy atom. The monoisotopic (exact) mass is 333 g/mol. The molecule has 0 fully saturated rings. The summed E-state index contributed by atoms with van der Waals surface area (Å²) >= 11 is 0. The first-order chi connectivity index (χ1) is 11.4. The first-order valence-corrected chi connectivity index (χ1v) is 6.79. The second-order valence-electron chi connectivity index (χ2n) is 4.88. The number of nitriles is 1. The Labute approximate surface area is 134 Å². The summed E-state index contributed by atoms with van der Waals surface area (Å²) in [6.45, 7) is -0.339. The molecule has 122 valence electrons. The zero-order valence-corrected chi connectivity index (χ0v) is 12.1. The summed E-state index contributed by atoms with van der Waals surface area (Å²) in [5, 5.41) is 18.7. The van der Waals surface area contributed by atoms with E-state index in [0.29, 0.717) is 22.5 Å². The Bertz CT molecular complexity index is 925. The van der Waals surface area contributed by atoms with Crippen LogP contribution in [0, 0.1) is 11.3 Å². The van der Waals surface area contributed by atoms with Gasteiger partial charge in [-0.25, -0.2) is 4.98 Å². The first kappa shape index (κ1) is 15.8. The Morgan fingerprint density at radius 3 is 2.54 bits per heavy atom. The van der Waals surface area contributed by atoms with Gasteiger partial charge in [0.2, 0.25) is 0 Å². The number of hydrogen-bond acceptors (Lipinski definition) is 4. The van der Waals surface area contributed by atoms with Crippen LogP contribution in [0.1, 0.15) is 11.3 Å². The van der Waals surface area contributed by atoms with Crippen LogP contribution in [0.3, 0.4) is 0 Å². The van der Waals surface area contributed by atoms with E-state index < -0.39 is 6.36 Å². The van der Waals surface area contributed by atoms with Crippen molar-refractivity contribution in [3.05, 3.63) is 54.0 Å². The van der Waals surface area contributed by atoms with E-state index in [1.54, 1.807) is 16.7 Å². The number of hydrogen-bond donors (Lipinski definition) is 1. The highest BCUT2D eigenvalue weighted by molar-refractivity contribution is 5.79. The second-order valence-corrected chi connectivity index (χ2v) is 4.88. The largest absolute Gasteiger partial charge is 0.573 e. The normalized spacial score (nSPS) is 11.5. The number of benzene rings is 1. The average molecular weight is 333 g/mol. The lowest BCUT2D eigenvalue weighted by atomic mass is 10.0. The van der Waals surface area contributed by atoms with Crippen LogP contribution in [-0.2, 0) is 6.61 Å². The number of aromatic nitrogens is 2.